The van der Waals surface area contributed by atoms with Crippen molar-refractivity contribution in [3.8, 4) is 5.75 Å². The summed E-state index contributed by atoms with van der Waals surface area (Å²) in [4.78, 5) is 42.1. The number of ketones is 1. The molecule has 0 spiro atoms. The molecule has 2 amide bonds. The first kappa shape index (κ1) is 24.6. The fraction of sp³-hybridized carbons (Fsp3) is 0.400. The SMILES string of the molecule is COc1ccc(C[C@@H](C(=O)N2CCC(=O)[C@@H]2Sc2ccccc2)N(C(=O)[O-])C(C)(C)C)cc1. The van der Waals surface area contributed by atoms with Crippen molar-refractivity contribution in [3.05, 3.63) is 60.2 Å². The van der Waals surface area contributed by atoms with Crippen molar-refractivity contribution in [2.45, 2.75) is 55.5 Å². The van der Waals surface area contributed by atoms with Gasteiger partial charge in [-0.15, -0.1) is 0 Å². The lowest BCUT2D eigenvalue weighted by atomic mass is 9.97. The number of hydrogen-bond donors (Lipinski definition) is 0. The van der Waals surface area contributed by atoms with E-state index in [2.05, 4.69) is 0 Å². The molecule has 1 saturated heterocycles. The molecule has 0 bridgehead atoms. The maximum atomic E-state index is 13.8. The van der Waals surface area contributed by atoms with Gasteiger partial charge in [-0.3, -0.25) is 9.59 Å². The van der Waals surface area contributed by atoms with Crippen molar-refractivity contribution in [3.63, 3.8) is 0 Å². The Hall–Kier alpha value is -3.00. The number of likely N-dealkylation sites (tertiary alicyclic amines) is 1. The quantitative estimate of drug-likeness (QED) is 0.619. The van der Waals surface area contributed by atoms with E-state index in [9.17, 15) is 19.5 Å². The van der Waals surface area contributed by atoms with Crippen LogP contribution in [0.4, 0.5) is 4.79 Å². The van der Waals surface area contributed by atoms with Gasteiger partial charge in [0.2, 0.25) is 5.91 Å². The van der Waals surface area contributed by atoms with Gasteiger partial charge in [-0.25, -0.2) is 0 Å². The highest BCUT2D eigenvalue weighted by molar-refractivity contribution is 8.00. The largest absolute Gasteiger partial charge is 0.530 e. The first-order valence-corrected chi connectivity index (χ1v) is 11.7. The van der Waals surface area contributed by atoms with Gasteiger partial charge in [0.05, 0.1) is 7.11 Å². The van der Waals surface area contributed by atoms with Crippen LogP contribution in [0.3, 0.4) is 0 Å². The number of hydrogen-bond acceptors (Lipinski definition) is 6. The maximum Gasteiger partial charge on any atom is 0.246 e. The van der Waals surface area contributed by atoms with Crippen molar-refractivity contribution >= 4 is 29.5 Å². The Balaban J connectivity index is 1.94. The Morgan fingerprint density at radius 3 is 2.33 bits per heavy atom. The Labute approximate surface area is 198 Å². The van der Waals surface area contributed by atoms with Gasteiger partial charge in [-0.05, 0) is 50.6 Å². The summed E-state index contributed by atoms with van der Waals surface area (Å²) in [5, 5.41) is 11.5. The number of carbonyl (C=O) groups excluding carboxylic acids is 3. The molecule has 7 nitrogen and oxygen atoms in total. The van der Waals surface area contributed by atoms with Crippen molar-refractivity contribution in [1.29, 1.82) is 0 Å². The maximum absolute atomic E-state index is 13.8. The lowest BCUT2D eigenvalue weighted by Gasteiger charge is -2.44. The van der Waals surface area contributed by atoms with Crippen LogP contribution in [0.15, 0.2) is 59.5 Å². The van der Waals surface area contributed by atoms with Crippen LogP contribution in [-0.4, -0.2) is 58.2 Å². The summed E-state index contributed by atoms with van der Waals surface area (Å²) in [6.07, 6.45) is -1.03. The molecule has 0 aromatic heterocycles. The molecule has 0 N–H and O–H groups in total. The molecule has 2 aromatic rings. The van der Waals surface area contributed by atoms with Crippen molar-refractivity contribution in [1.82, 2.24) is 9.80 Å². The molecule has 0 aliphatic carbocycles. The second-order valence-corrected chi connectivity index (χ2v) is 10.1. The van der Waals surface area contributed by atoms with E-state index in [1.165, 1.54) is 16.7 Å². The predicted octanol–water partition coefficient (Wildman–Crippen LogP) is 2.97. The van der Waals surface area contributed by atoms with Gasteiger partial charge in [-0.2, -0.15) is 0 Å². The molecule has 1 aliphatic rings. The zero-order valence-corrected chi connectivity index (χ0v) is 20.1. The lowest BCUT2D eigenvalue weighted by Crippen LogP contribution is -2.62. The average Bonchev–Trinajstić information content (AvgIpc) is 3.13. The molecule has 33 heavy (non-hydrogen) atoms. The van der Waals surface area contributed by atoms with E-state index in [4.69, 9.17) is 4.74 Å². The Kier molecular flexibility index (Phi) is 7.68. The first-order valence-electron chi connectivity index (χ1n) is 10.8. The summed E-state index contributed by atoms with van der Waals surface area (Å²) in [6, 6.07) is 15.5. The fourth-order valence-electron chi connectivity index (χ4n) is 3.96. The monoisotopic (exact) mass is 469 g/mol. The Morgan fingerprint density at radius 1 is 1.15 bits per heavy atom. The molecule has 0 radical (unpaired) electrons. The van der Waals surface area contributed by atoms with E-state index < -0.39 is 29.0 Å². The van der Waals surface area contributed by atoms with Crippen LogP contribution in [0, 0.1) is 0 Å². The lowest BCUT2D eigenvalue weighted by molar-refractivity contribution is -0.273. The summed E-state index contributed by atoms with van der Waals surface area (Å²) >= 11 is 1.31. The van der Waals surface area contributed by atoms with Crippen molar-refractivity contribution < 1.29 is 24.2 Å². The first-order chi connectivity index (χ1) is 15.6. The average molecular weight is 470 g/mol. The van der Waals surface area contributed by atoms with Gasteiger partial charge in [0.1, 0.15) is 23.3 Å². The predicted molar refractivity (Wildman–Crippen MR) is 125 cm³/mol. The van der Waals surface area contributed by atoms with E-state index in [1.807, 2.05) is 30.3 Å². The van der Waals surface area contributed by atoms with Crippen LogP contribution < -0.4 is 9.84 Å². The van der Waals surface area contributed by atoms with Crippen LogP contribution in [0.1, 0.15) is 32.8 Å². The molecule has 1 fully saturated rings. The number of Topliss-reactive ketones (excluding diaryl/α,β-unsaturated/α-hetero) is 1. The minimum absolute atomic E-state index is 0.0452. The number of benzene rings is 2. The molecular weight excluding hydrogens is 440 g/mol. The number of amides is 2. The molecule has 0 unspecified atom stereocenters. The minimum atomic E-state index is -1.42. The second-order valence-electron chi connectivity index (χ2n) is 8.91. The molecule has 1 heterocycles. The molecule has 0 saturated carbocycles. The number of methoxy groups -OCH3 is 1. The number of rotatable bonds is 7. The topological polar surface area (TPSA) is 90.0 Å². The normalized spacial score (nSPS) is 17.0. The second kappa shape index (κ2) is 10.3. The minimum Gasteiger partial charge on any atom is -0.530 e. The summed E-state index contributed by atoms with van der Waals surface area (Å²) in [6.45, 7) is 5.43. The highest BCUT2D eigenvalue weighted by atomic mass is 32.2. The zero-order valence-electron chi connectivity index (χ0n) is 19.3. The van der Waals surface area contributed by atoms with Gasteiger partial charge >= 0.3 is 0 Å². The fourth-order valence-corrected chi connectivity index (χ4v) is 5.12. The Bertz CT molecular complexity index is 988. The number of carboxylic acid groups (broad SMARTS) is 1. The molecule has 2 atom stereocenters. The summed E-state index contributed by atoms with van der Waals surface area (Å²) in [7, 11) is 1.56. The van der Waals surface area contributed by atoms with Crippen LogP contribution in [0.2, 0.25) is 0 Å². The standard InChI is InChI=1S/C25H30N2O5S/c1-25(2,3)27(24(30)31)20(16-17-10-12-18(32-4)13-11-17)22(29)26-15-14-21(28)23(26)33-19-8-6-5-7-9-19/h5-13,20,23H,14-16H2,1-4H3,(H,30,31)/p-1/t20-,23-/m0/s1. The summed E-state index contributed by atoms with van der Waals surface area (Å²) in [5.74, 6) is 0.221. The smallest absolute Gasteiger partial charge is 0.246 e. The van der Waals surface area contributed by atoms with Crippen molar-refractivity contribution in [2.24, 2.45) is 0 Å². The van der Waals surface area contributed by atoms with E-state index in [0.717, 1.165) is 15.4 Å². The number of thioether (sulfide) groups is 1. The zero-order chi connectivity index (χ0) is 24.2. The van der Waals surface area contributed by atoms with E-state index in [-0.39, 0.29) is 25.2 Å². The van der Waals surface area contributed by atoms with E-state index in [1.54, 1.807) is 52.1 Å². The molecule has 1 aliphatic heterocycles. The van der Waals surface area contributed by atoms with Gasteiger partial charge in [0.15, 0.2) is 5.78 Å². The third-order valence-electron chi connectivity index (χ3n) is 5.54. The third-order valence-corrected chi connectivity index (χ3v) is 6.82. The van der Waals surface area contributed by atoms with Crippen LogP contribution >= 0.6 is 11.8 Å². The van der Waals surface area contributed by atoms with Gasteiger partial charge < -0.3 is 24.4 Å². The van der Waals surface area contributed by atoms with Crippen LogP contribution in [0.5, 0.6) is 5.75 Å². The van der Waals surface area contributed by atoms with E-state index >= 15 is 0 Å². The van der Waals surface area contributed by atoms with Gasteiger partial charge in [-0.1, -0.05) is 42.1 Å². The summed E-state index contributed by atoms with van der Waals surface area (Å²) in [5.41, 5.74) is -0.0975. The highest BCUT2D eigenvalue weighted by Gasteiger charge is 2.43. The molecule has 176 valence electrons. The van der Waals surface area contributed by atoms with Gasteiger partial charge in [0.25, 0.3) is 0 Å². The van der Waals surface area contributed by atoms with Crippen molar-refractivity contribution in [2.75, 3.05) is 13.7 Å². The highest BCUT2D eigenvalue weighted by Crippen LogP contribution is 2.33. The molecule has 3 rings (SSSR count). The number of ether oxygens (including phenoxy) is 1. The van der Waals surface area contributed by atoms with Crippen LogP contribution in [0.25, 0.3) is 0 Å². The summed E-state index contributed by atoms with van der Waals surface area (Å²) < 4.78 is 5.20. The molecule has 8 heteroatoms. The number of nitrogens with zero attached hydrogens (tertiary/aromatic N) is 2. The van der Waals surface area contributed by atoms with E-state index in [0.29, 0.717) is 5.75 Å². The van der Waals surface area contributed by atoms with Crippen LogP contribution in [-0.2, 0) is 16.0 Å². The molecular formula is C25H29N2O5S-. The molecule has 2 aromatic carbocycles. The Morgan fingerprint density at radius 2 is 1.79 bits per heavy atom. The van der Waals surface area contributed by atoms with Gasteiger partial charge in [0, 0.05) is 29.8 Å². The number of carbonyl (C=O) groups is 3. The third kappa shape index (κ3) is 5.87.